The molecule has 0 fully saturated rings. The first-order valence-electron chi connectivity index (χ1n) is 4.55. The predicted molar refractivity (Wildman–Crippen MR) is 54.5 cm³/mol. The molecule has 0 saturated heterocycles. The van der Waals surface area contributed by atoms with Gasteiger partial charge in [0.15, 0.2) is 0 Å². The van der Waals surface area contributed by atoms with Gasteiger partial charge in [0, 0.05) is 6.07 Å². The summed E-state index contributed by atoms with van der Waals surface area (Å²) in [5.74, 6) is 1.13. The highest BCUT2D eigenvalue weighted by Gasteiger charge is 1.98. The van der Waals surface area contributed by atoms with Crippen LogP contribution in [0.5, 0.6) is 11.6 Å². The molecule has 0 spiro atoms. The van der Waals surface area contributed by atoms with E-state index in [-0.39, 0.29) is 6.61 Å². The van der Waals surface area contributed by atoms with E-state index >= 15 is 0 Å². The maximum Gasteiger partial charge on any atom is 0.238 e. The number of rotatable bonds is 3. The number of benzene rings is 1. The second kappa shape index (κ2) is 4.52. The van der Waals surface area contributed by atoms with Gasteiger partial charge in [-0.15, -0.1) is 10.2 Å². The summed E-state index contributed by atoms with van der Waals surface area (Å²) in [4.78, 5) is 0. The van der Waals surface area contributed by atoms with E-state index in [1.54, 1.807) is 12.1 Å². The van der Waals surface area contributed by atoms with Gasteiger partial charge in [-0.05, 0) is 18.2 Å². The molecular formula is C11H10N2O2. The van der Waals surface area contributed by atoms with Crippen molar-refractivity contribution in [2.45, 2.75) is 6.61 Å². The van der Waals surface area contributed by atoms with E-state index in [9.17, 15) is 0 Å². The van der Waals surface area contributed by atoms with Gasteiger partial charge in [0.05, 0.1) is 12.3 Å². The maximum atomic E-state index is 8.77. The van der Waals surface area contributed by atoms with Crippen molar-refractivity contribution < 1.29 is 9.84 Å². The van der Waals surface area contributed by atoms with Gasteiger partial charge >= 0.3 is 0 Å². The molecule has 76 valence electrons. The topological polar surface area (TPSA) is 55.2 Å². The Balaban J connectivity index is 2.11. The summed E-state index contributed by atoms with van der Waals surface area (Å²) in [5, 5.41) is 16.4. The van der Waals surface area contributed by atoms with Gasteiger partial charge in [-0.25, -0.2) is 0 Å². The zero-order valence-electron chi connectivity index (χ0n) is 8.00. The van der Waals surface area contributed by atoms with E-state index in [4.69, 9.17) is 9.84 Å². The van der Waals surface area contributed by atoms with Gasteiger partial charge < -0.3 is 9.84 Å². The largest absolute Gasteiger partial charge is 0.438 e. The molecule has 2 rings (SSSR count). The van der Waals surface area contributed by atoms with Crippen molar-refractivity contribution in [3.05, 3.63) is 48.2 Å². The van der Waals surface area contributed by atoms with Crippen LogP contribution in [0.25, 0.3) is 0 Å². The van der Waals surface area contributed by atoms with Crippen LogP contribution in [0.15, 0.2) is 42.5 Å². The number of aliphatic hydroxyl groups is 1. The molecule has 0 unspecified atom stereocenters. The van der Waals surface area contributed by atoms with Crippen LogP contribution >= 0.6 is 0 Å². The van der Waals surface area contributed by atoms with E-state index < -0.39 is 0 Å². The molecule has 4 nitrogen and oxygen atoms in total. The summed E-state index contributed by atoms with van der Waals surface area (Å²) in [6.07, 6.45) is 0. The van der Waals surface area contributed by atoms with E-state index in [2.05, 4.69) is 10.2 Å². The lowest BCUT2D eigenvalue weighted by atomic mass is 10.3. The van der Waals surface area contributed by atoms with Gasteiger partial charge in [0.25, 0.3) is 0 Å². The number of hydrogen-bond donors (Lipinski definition) is 1. The first-order valence-corrected chi connectivity index (χ1v) is 4.55. The molecule has 1 aromatic heterocycles. The fraction of sp³-hybridized carbons (Fsp3) is 0.0909. The molecule has 1 N–H and O–H groups in total. The average Bonchev–Trinajstić information content (AvgIpc) is 2.31. The van der Waals surface area contributed by atoms with Crippen molar-refractivity contribution in [3.63, 3.8) is 0 Å². The second-order valence-corrected chi connectivity index (χ2v) is 2.94. The van der Waals surface area contributed by atoms with Gasteiger partial charge in [0.1, 0.15) is 5.75 Å². The predicted octanol–water partition coefficient (Wildman–Crippen LogP) is 1.76. The molecule has 0 atom stereocenters. The summed E-state index contributed by atoms with van der Waals surface area (Å²) in [5.41, 5.74) is 0.524. The van der Waals surface area contributed by atoms with Crippen LogP contribution in [0.1, 0.15) is 5.69 Å². The summed E-state index contributed by atoms with van der Waals surface area (Å²) < 4.78 is 5.42. The zero-order chi connectivity index (χ0) is 10.5. The van der Waals surface area contributed by atoms with Gasteiger partial charge in [0.2, 0.25) is 5.88 Å². The number of aliphatic hydroxyl groups excluding tert-OH is 1. The summed E-state index contributed by atoms with van der Waals surface area (Å²) >= 11 is 0. The quantitative estimate of drug-likeness (QED) is 0.823. The summed E-state index contributed by atoms with van der Waals surface area (Å²) in [7, 11) is 0. The lowest BCUT2D eigenvalue weighted by Crippen LogP contribution is -1.94. The lowest BCUT2D eigenvalue weighted by molar-refractivity contribution is 0.274. The Labute approximate surface area is 87.2 Å². The van der Waals surface area contributed by atoms with Gasteiger partial charge in [-0.2, -0.15) is 0 Å². The second-order valence-electron chi connectivity index (χ2n) is 2.94. The minimum Gasteiger partial charge on any atom is -0.438 e. The Morgan fingerprint density at radius 2 is 1.80 bits per heavy atom. The number of aromatic nitrogens is 2. The van der Waals surface area contributed by atoms with E-state index in [0.29, 0.717) is 17.3 Å². The standard InChI is InChI=1S/C11H10N2O2/c14-8-9-6-7-11(13-12-9)15-10-4-2-1-3-5-10/h1-7,14H,8H2. The van der Waals surface area contributed by atoms with Crippen molar-refractivity contribution in [3.8, 4) is 11.6 Å². The third-order valence-corrected chi connectivity index (χ3v) is 1.82. The molecule has 0 aliphatic rings. The van der Waals surface area contributed by atoms with Crippen molar-refractivity contribution >= 4 is 0 Å². The highest BCUT2D eigenvalue weighted by atomic mass is 16.5. The van der Waals surface area contributed by atoms with Crippen molar-refractivity contribution in [1.82, 2.24) is 10.2 Å². The molecule has 0 radical (unpaired) electrons. The average molecular weight is 202 g/mol. The van der Waals surface area contributed by atoms with Crippen molar-refractivity contribution in [2.24, 2.45) is 0 Å². The highest BCUT2D eigenvalue weighted by Crippen LogP contribution is 2.17. The van der Waals surface area contributed by atoms with E-state index in [0.717, 1.165) is 0 Å². The fourth-order valence-electron chi connectivity index (χ4n) is 1.10. The molecule has 2 aromatic rings. The van der Waals surface area contributed by atoms with Gasteiger partial charge in [-0.1, -0.05) is 18.2 Å². The third-order valence-electron chi connectivity index (χ3n) is 1.82. The molecule has 4 heteroatoms. The molecule has 0 saturated carbocycles. The maximum absolute atomic E-state index is 8.77. The molecule has 1 aromatic carbocycles. The normalized spacial score (nSPS) is 9.93. The Bertz CT molecular complexity index is 414. The Morgan fingerprint density at radius 1 is 1.00 bits per heavy atom. The summed E-state index contributed by atoms with van der Waals surface area (Å²) in [6.45, 7) is -0.112. The number of para-hydroxylation sites is 1. The fourth-order valence-corrected chi connectivity index (χ4v) is 1.10. The summed E-state index contributed by atoms with van der Waals surface area (Å²) in [6, 6.07) is 12.7. The monoisotopic (exact) mass is 202 g/mol. The lowest BCUT2D eigenvalue weighted by Gasteiger charge is -2.03. The molecule has 0 aliphatic heterocycles. The van der Waals surface area contributed by atoms with Crippen LogP contribution in [0, 0.1) is 0 Å². The first kappa shape index (κ1) is 9.61. The Morgan fingerprint density at radius 3 is 2.40 bits per heavy atom. The van der Waals surface area contributed by atoms with Crippen LogP contribution in [-0.4, -0.2) is 15.3 Å². The molecular weight excluding hydrogens is 192 g/mol. The van der Waals surface area contributed by atoms with Crippen LogP contribution in [-0.2, 0) is 6.61 Å². The third kappa shape index (κ3) is 2.51. The van der Waals surface area contributed by atoms with Crippen LogP contribution in [0.3, 0.4) is 0 Å². The van der Waals surface area contributed by atoms with Gasteiger partial charge in [-0.3, -0.25) is 0 Å². The number of nitrogens with zero attached hydrogens (tertiary/aromatic N) is 2. The van der Waals surface area contributed by atoms with Crippen molar-refractivity contribution in [1.29, 1.82) is 0 Å². The molecule has 0 amide bonds. The highest BCUT2D eigenvalue weighted by molar-refractivity contribution is 5.26. The van der Waals surface area contributed by atoms with Crippen LogP contribution < -0.4 is 4.74 Å². The zero-order valence-corrected chi connectivity index (χ0v) is 8.00. The Hall–Kier alpha value is -1.94. The number of ether oxygens (including phenoxy) is 1. The van der Waals surface area contributed by atoms with Crippen molar-refractivity contribution in [2.75, 3.05) is 0 Å². The smallest absolute Gasteiger partial charge is 0.238 e. The van der Waals surface area contributed by atoms with Crippen LogP contribution in [0.2, 0.25) is 0 Å². The number of hydrogen-bond acceptors (Lipinski definition) is 4. The molecule has 15 heavy (non-hydrogen) atoms. The Kier molecular flexibility index (Phi) is 2.90. The SMILES string of the molecule is OCc1ccc(Oc2ccccc2)nn1. The van der Waals surface area contributed by atoms with E-state index in [1.807, 2.05) is 30.3 Å². The molecule has 0 aliphatic carbocycles. The minimum atomic E-state index is -0.112. The van der Waals surface area contributed by atoms with E-state index in [1.165, 1.54) is 0 Å². The molecule has 1 heterocycles. The van der Waals surface area contributed by atoms with Crippen LogP contribution in [0.4, 0.5) is 0 Å². The minimum absolute atomic E-state index is 0.112. The first-order chi connectivity index (χ1) is 7.38. The molecule has 0 bridgehead atoms.